The van der Waals surface area contributed by atoms with E-state index in [1.54, 1.807) is 55.6 Å². The van der Waals surface area contributed by atoms with Crippen LogP contribution < -0.4 is 9.47 Å². The Morgan fingerprint density at radius 3 is 2.35 bits per heavy atom. The van der Waals surface area contributed by atoms with E-state index in [-0.39, 0.29) is 18.0 Å². The van der Waals surface area contributed by atoms with Crippen molar-refractivity contribution in [2.75, 3.05) is 27.3 Å². The molecule has 5 nitrogen and oxygen atoms in total. The minimum absolute atomic E-state index is 0.249. The first-order chi connectivity index (χ1) is 10.9. The molecule has 2 aromatic carbocycles. The Bertz CT molecular complexity index is 747. The number of halogens is 1. The van der Waals surface area contributed by atoms with E-state index < -0.39 is 10.0 Å². The van der Waals surface area contributed by atoms with Crippen molar-refractivity contribution in [3.05, 3.63) is 53.0 Å². The fourth-order valence-corrected chi connectivity index (χ4v) is 3.64. The van der Waals surface area contributed by atoms with E-state index in [0.29, 0.717) is 5.75 Å². The molecule has 23 heavy (non-hydrogen) atoms. The lowest BCUT2D eigenvalue weighted by molar-refractivity contribution is 0.286. The maximum absolute atomic E-state index is 12.4. The number of hydrogen-bond donors (Lipinski definition) is 0. The highest BCUT2D eigenvalue weighted by Gasteiger charge is 2.20. The molecule has 0 saturated carbocycles. The van der Waals surface area contributed by atoms with E-state index in [4.69, 9.17) is 9.47 Å². The van der Waals surface area contributed by atoms with E-state index in [1.807, 2.05) is 0 Å². The lowest BCUT2D eigenvalue weighted by Crippen LogP contribution is -2.31. The minimum Gasteiger partial charge on any atom is -0.497 e. The van der Waals surface area contributed by atoms with E-state index in [1.165, 1.54) is 11.4 Å². The second-order valence-electron chi connectivity index (χ2n) is 4.81. The summed E-state index contributed by atoms with van der Waals surface area (Å²) in [5.74, 6) is 1.41. The molecule has 124 valence electrons. The number of likely N-dealkylation sites (N-methyl/N-ethyl adjacent to an activating group) is 1. The lowest BCUT2D eigenvalue weighted by atomic mass is 10.3. The number of benzene rings is 2. The van der Waals surface area contributed by atoms with Gasteiger partial charge >= 0.3 is 0 Å². The van der Waals surface area contributed by atoms with Gasteiger partial charge in [0.2, 0.25) is 10.0 Å². The van der Waals surface area contributed by atoms with Crippen LogP contribution in [0.1, 0.15) is 0 Å². The van der Waals surface area contributed by atoms with Gasteiger partial charge in [-0.15, -0.1) is 0 Å². The van der Waals surface area contributed by atoms with Crippen molar-refractivity contribution < 1.29 is 17.9 Å². The highest BCUT2D eigenvalue weighted by Crippen LogP contribution is 2.20. The standard InChI is InChI=1S/C16H18BrNO4S/c1-18(23(19,20)16-5-3-4-13(17)12-16)10-11-22-15-8-6-14(21-2)7-9-15/h3-9,12H,10-11H2,1-2H3. The molecule has 0 radical (unpaired) electrons. The number of nitrogens with zero attached hydrogens (tertiary/aromatic N) is 1. The van der Waals surface area contributed by atoms with Crippen LogP contribution in [0.2, 0.25) is 0 Å². The van der Waals surface area contributed by atoms with Gasteiger partial charge in [0.1, 0.15) is 18.1 Å². The van der Waals surface area contributed by atoms with Gasteiger partial charge in [-0.2, -0.15) is 4.31 Å². The summed E-state index contributed by atoms with van der Waals surface area (Å²) < 4.78 is 37.5. The van der Waals surface area contributed by atoms with Gasteiger partial charge in [-0.25, -0.2) is 8.42 Å². The highest BCUT2D eigenvalue weighted by molar-refractivity contribution is 9.10. The average molecular weight is 400 g/mol. The maximum atomic E-state index is 12.4. The molecule has 0 saturated heterocycles. The summed E-state index contributed by atoms with van der Waals surface area (Å²) in [6, 6.07) is 13.8. The summed E-state index contributed by atoms with van der Waals surface area (Å²) in [6.07, 6.45) is 0. The van der Waals surface area contributed by atoms with Crippen LogP contribution in [-0.4, -0.2) is 40.0 Å². The Balaban J connectivity index is 1.94. The molecule has 0 N–H and O–H groups in total. The van der Waals surface area contributed by atoms with Crippen molar-refractivity contribution in [2.45, 2.75) is 4.90 Å². The van der Waals surface area contributed by atoms with Crippen molar-refractivity contribution in [1.82, 2.24) is 4.31 Å². The van der Waals surface area contributed by atoms with Crippen LogP contribution in [0.25, 0.3) is 0 Å². The molecule has 0 heterocycles. The molecule has 0 atom stereocenters. The van der Waals surface area contributed by atoms with Gasteiger partial charge in [0, 0.05) is 18.1 Å². The predicted octanol–water partition coefficient (Wildman–Crippen LogP) is 3.16. The van der Waals surface area contributed by atoms with E-state index in [2.05, 4.69) is 15.9 Å². The number of methoxy groups -OCH3 is 1. The number of rotatable bonds is 7. The van der Waals surface area contributed by atoms with Gasteiger partial charge in [-0.1, -0.05) is 22.0 Å². The highest BCUT2D eigenvalue weighted by atomic mass is 79.9. The van der Waals surface area contributed by atoms with Crippen molar-refractivity contribution in [1.29, 1.82) is 0 Å². The Hall–Kier alpha value is -1.57. The zero-order valence-electron chi connectivity index (χ0n) is 12.9. The van der Waals surface area contributed by atoms with Crippen LogP contribution >= 0.6 is 15.9 Å². The smallest absolute Gasteiger partial charge is 0.242 e. The second kappa shape index (κ2) is 7.81. The monoisotopic (exact) mass is 399 g/mol. The summed E-state index contributed by atoms with van der Waals surface area (Å²) in [5.41, 5.74) is 0. The van der Waals surface area contributed by atoms with E-state index in [0.717, 1.165) is 10.2 Å². The van der Waals surface area contributed by atoms with Gasteiger partial charge in [0.05, 0.1) is 12.0 Å². The molecular formula is C16H18BrNO4S. The molecule has 2 aromatic rings. The van der Waals surface area contributed by atoms with Gasteiger partial charge in [-0.05, 0) is 42.5 Å². The average Bonchev–Trinajstić information content (AvgIpc) is 2.55. The largest absolute Gasteiger partial charge is 0.497 e. The van der Waals surface area contributed by atoms with Crippen LogP contribution in [0.5, 0.6) is 11.5 Å². The van der Waals surface area contributed by atoms with Crippen LogP contribution in [0.4, 0.5) is 0 Å². The van der Waals surface area contributed by atoms with Crippen LogP contribution in [0.15, 0.2) is 57.9 Å². The molecule has 0 aliphatic carbocycles. The normalized spacial score (nSPS) is 11.5. The summed E-state index contributed by atoms with van der Waals surface area (Å²) in [5, 5.41) is 0. The van der Waals surface area contributed by atoms with E-state index >= 15 is 0 Å². The number of sulfonamides is 1. The summed E-state index contributed by atoms with van der Waals surface area (Å²) in [7, 11) is -0.393. The third-order valence-electron chi connectivity index (χ3n) is 3.24. The SMILES string of the molecule is COc1ccc(OCCN(C)S(=O)(=O)c2cccc(Br)c2)cc1. The second-order valence-corrected chi connectivity index (χ2v) is 7.77. The first-order valence-corrected chi connectivity index (χ1v) is 9.15. The minimum atomic E-state index is -3.52. The zero-order valence-corrected chi connectivity index (χ0v) is 15.3. The molecule has 0 unspecified atom stereocenters. The van der Waals surface area contributed by atoms with Crippen molar-refractivity contribution in [3.8, 4) is 11.5 Å². The fraction of sp³-hybridized carbons (Fsp3) is 0.250. The molecule has 7 heteroatoms. The Morgan fingerprint density at radius 2 is 1.74 bits per heavy atom. The predicted molar refractivity (Wildman–Crippen MR) is 92.4 cm³/mol. The van der Waals surface area contributed by atoms with Gasteiger partial charge < -0.3 is 9.47 Å². The fourth-order valence-electron chi connectivity index (χ4n) is 1.89. The number of ether oxygens (including phenoxy) is 2. The van der Waals surface area contributed by atoms with Gasteiger partial charge in [-0.3, -0.25) is 0 Å². The first kappa shape index (κ1) is 17.8. The Kier molecular flexibility index (Phi) is 6.04. The molecule has 0 bridgehead atoms. The third-order valence-corrected chi connectivity index (χ3v) is 5.58. The quantitative estimate of drug-likeness (QED) is 0.717. The van der Waals surface area contributed by atoms with Gasteiger partial charge in [0.25, 0.3) is 0 Å². The third kappa shape index (κ3) is 4.70. The summed E-state index contributed by atoms with van der Waals surface area (Å²) in [4.78, 5) is 0.249. The molecular weight excluding hydrogens is 382 g/mol. The summed E-state index contributed by atoms with van der Waals surface area (Å²) >= 11 is 3.28. The van der Waals surface area contributed by atoms with Crippen LogP contribution in [0.3, 0.4) is 0 Å². The first-order valence-electron chi connectivity index (χ1n) is 6.92. The molecule has 0 spiro atoms. The topological polar surface area (TPSA) is 55.8 Å². The summed E-state index contributed by atoms with van der Waals surface area (Å²) in [6.45, 7) is 0.511. The van der Waals surface area contributed by atoms with Crippen LogP contribution in [0, 0.1) is 0 Å². The maximum Gasteiger partial charge on any atom is 0.242 e. The zero-order chi connectivity index (χ0) is 16.9. The molecule has 0 amide bonds. The molecule has 0 aliphatic rings. The van der Waals surface area contributed by atoms with E-state index in [9.17, 15) is 8.42 Å². The lowest BCUT2D eigenvalue weighted by Gasteiger charge is -2.17. The molecule has 2 rings (SSSR count). The molecule has 0 fully saturated rings. The molecule has 0 aliphatic heterocycles. The van der Waals surface area contributed by atoms with Crippen LogP contribution in [-0.2, 0) is 10.0 Å². The number of hydrogen-bond acceptors (Lipinski definition) is 4. The Morgan fingerprint density at radius 1 is 1.09 bits per heavy atom. The van der Waals surface area contributed by atoms with Crippen molar-refractivity contribution in [2.24, 2.45) is 0 Å². The molecule has 0 aromatic heterocycles. The van der Waals surface area contributed by atoms with Gasteiger partial charge in [0.15, 0.2) is 0 Å². The van der Waals surface area contributed by atoms with Crippen molar-refractivity contribution in [3.63, 3.8) is 0 Å². The Labute approximate surface area is 145 Å². The van der Waals surface area contributed by atoms with Crippen molar-refractivity contribution >= 4 is 26.0 Å².